The average Bonchev–Trinajstić information content (AvgIpc) is 2.52. The molecule has 0 amide bonds. The molecule has 2 unspecified atom stereocenters. The van der Waals surface area contributed by atoms with Crippen LogP contribution in [0.1, 0.15) is 31.2 Å². The second-order valence-corrected chi connectivity index (χ2v) is 5.18. The number of benzene rings is 1. The Bertz CT molecular complexity index is 397. The van der Waals surface area contributed by atoms with E-state index in [1.165, 1.54) is 6.42 Å². The summed E-state index contributed by atoms with van der Waals surface area (Å²) < 4.78 is 17.0. The maximum Gasteiger partial charge on any atom is 0.123 e. The molecule has 1 aliphatic rings. The van der Waals surface area contributed by atoms with Gasteiger partial charge in [0.25, 0.3) is 0 Å². The molecule has 0 spiro atoms. The molecule has 1 aromatic rings. The van der Waals surface area contributed by atoms with E-state index in [-0.39, 0.29) is 0 Å². The van der Waals surface area contributed by atoms with Crippen molar-refractivity contribution in [3.8, 4) is 5.75 Å². The molecule has 4 nitrogen and oxygen atoms in total. The van der Waals surface area contributed by atoms with Gasteiger partial charge in [0, 0.05) is 19.2 Å². The van der Waals surface area contributed by atoms with Gasteiger partial charge in [0.1, 0.15) is 12.4 Å². The van der Waals surface area contributed by atoms with Crippen molar-refractivity contribution in [1.29, 1.82) is 0 Å². The predicted octanol–water partition coefficient (Wildman–Crippen LogP) is 2.50. The first kappa shape index (κ1) is 15.3. The normalized spacial score (nSPS) is 22.7. The highest BCUT2D eigenvalue weighted by Gasteiger charge is 2.21. The van der Waals surface area contributed by atoms with E-state index in [9.17, 15) is 0 Å². The Balaban J connectivity index is 1.68. The van der Waals surface area contributed by atoms with Crippen molar-refractivity contribution >= 4 is 0 Å². The zero-order valence-electron chi connectivity index (χ0n) is 12.2. The van der Waals surface area contributed by atoms with Crippen LogP contribution in [0.2, 0.25) is 0 Å². The summed E-state index contributed by atoms with van der Waals surface area (Å²) in [6.07, 6.45) is 5.11. The van der Waals surface area contributed by atoms with Crippen molar-refractivity contribution in [2.45, 2.75) is 44.4 Å². The number of hydrogen-bond acceptors (Lipinski definition) is 4. The molecule has 4 heteroatoms. The zero-order valence-corrected chi connectivity index (χ0v) is 12.2. The summed E-state index contributed by atoms with van der Waals surface area (Å²) >= 11 is 0. The van der Waals surface area contributed by atoms with Crippen molar-refractivity contribution in [1.82, 2.24) is 0 Å². The topological polar surface area (TPSA) is 53.7 Å². The van der Waals surface area contributed by atoms with E-state index >= 15 is 0 Å². The molecule has 0 bridgehead atoms. The summed E-state index contributed by atoms with van der Waals surface area (Å²) in [7, 11) is 1.78. The highest BCUT2D eigenvalue weighted by molar-refractivity contribution is 5.32. The van der Waals surface area contributed by atoms with Gasteiger partial charge in [-0.15, -0.1) is 0 Å². The fraction of sp³-hybridized carbons (Fsp3) is 0.625. The Kier molecular flexibility index (Phi) is 6.30. The molecule has 1 saturated carbocycles. The highest BCUT2D eigenvalue weighted by Crippen LogP contribution is 2.23. The van der Waals surface area contributed by atoms with Gasteiger partial charge in [0.2, 0.25) is 0 Å². The number of ether oxygens (including phenoxy) is 3. The van der Waals surface area contributed by atoms with Crippen LogP contribution in [0, 0.1) is 0 Å². The van der Waals surface area contributed by atoms with Gasteiger partial charge >= 0.3 is 0 Å². The second-order valence-electron chi connectivity index (χ2n) is 5.18. The van der Waals surface area contributed by atoms with Crippen LogP contribution in [-0.4, -0.2) is 32.5 Å². The highest BCUT2D eigenvalue weighted by atomic mass is 16.5. The van der Waals surface area contributed by atoms with Crippen molar-refractivity contribution in [2.75, 3.05) is 20.3 Å². The lowest BCUT2D eigenvalue weighted by molar-refractivity contribution is -0.0362. The molecule has 2 atom stereocenters. The summed E-state index contributed by atoms with van der Waals surface area (Å²) in [6, 6.07) is 7.86. The third-order valence-electron chi connectivity index (χ3n) is 3.80. The second kappa shape index (κ2) is 8.25. The van der Waals surface area contributed by atoms with E-state index in [0.29, 0.717) is 32.0 Å². The Hall–Kier alpha value is -1.10. The molecule has 0 radical (unpaired) electrons. The van der Waals surface area contributed by atoms with Gasteiger partial charge in [0.05, 0.1) is 18.8 Å². The average molecular weight is 279 g/mol. The lowest BCUT2D eigenvalue weighted by Crippen LogP contribution is -2.28. The van der Waals surface area contributed by atoms with Gasteiger partial charge in [-0.05, 0) is 31.7 Å². The van der Waals surface area contributed by atoms with E-state index in [0.717, 1.165) is 30.6 Å². The molecule has 0 heterocycles. The minimum atomic E-state index is 0.307. The van der Waals surface area contributed by atoms with Crippen LogP contribution in [0.5, 0.6) is 5.75 Å². The maximum absolute atomic E-state index is 5.87. The molecular weight excluding hydrogens is 254 g/mol. The summed E-state index contributed by atoms with van der Waals surface area (Å²) in [5, 5.41) is 0. The van der Waals surface area contributed by atoms with E-state index in [1.54, 1.807) is 7.11 Å². The quantitative estimate of drug-likeness (QED) is 0.779. The summed E-state index contributed by atoms with van der Waals surface area (Å²) in [5.41, 5.74) is 6.71. The van der Waals surface area contributed by atoms with Gasteiger partial charge in [-0.3, -0.25) is 0 Å². The van der Waals surface area contributed by atoms with Crippen molar-refractivity contribution in [3.05, 3.63) is 29.8 Å². The number of methoxy groups -OCH3 is 1. The van der Waals surface area contributed by atoms with E-state index in [4.69, 9.17) is 19.9 Å². The lowest BCUT2D eigenvalue weighted by Gasteiger charge is -2.28. The minimum absolute atomic E-state index is 0.307. The zero-order chi connectivity index (χ0) is 14.2. The van der Waals surface area contributed by atoms with Crippen molar-refractivity contribution in [3.63, 3.8) is 0 Å². The molecule has 20 heavy (non-hydrogen) atoms. The summed E-state index contributed by atoms with van der Waals surface area (Å²) in [5.74, 6) is 0.858. The third kappa shape index (κ3) is 4.47. The van der Waals surface area contributed by atoms with Crippen LogP contribution in [0.4, 0.5) is 0 Å². The Morgan fingerprint density at radius 1 is 1.15 bits per heavy atom. The van der Waals surface area contributed by atoms with Gasteiger partial charge in [-0.1, -0.05) is 18.2 Å². The van der Waals surface area contributed by atoms with Gasteiger partial charge in [-0.2, -0.15) is 0 Å². The fourth-order valence-electron chi connectivity index (χ4n) is 2.65. The monoisotopic (exact) mass is 279 g/mol. The molecule has 0 saturated heterocycles. The molecule has 1 aromatic carbocycles. The van der Waals surface area contributed by atoms with Crippen LogP contribution < -0.4 is 10.5 Å². The minimum Gasteiger partial charge on any atom is -0.491 e. The maximum atomic E-state index is 5.87. The van der Waals surface area contributed by atoms with Crippen LogP contribution >= 0.6 is 0 Å². The smallest absolute Gasteiger partial charge is 0.123 e. The SMILES string of the molecule is COC1CCCC(OCCOc2ccccc2CN)C1. The Morgan fingerprint density at radius 2 is 1.95 bits per heavy atom. The number of hydrogen-bond donors (Lipinski definition) is 1. The Morgan fingerprint density at radius 3 is 2.75 bits per heavy atom. The van der Waals surface area contributed by atoms with Crippen LogP contribution in [0.25, 0.3) is 0 Å². The Labute approximate surface area is 121 Å². The number of nitrogens with two attached hydrogens (primary N) is 1. The first-order chi connectivity index (χ1) is 9.83. The molecule has 0 aliphatic heterocycles. The van der Waals surface area contributed by atoms with Crippen molar-refractivity contribution in [2.24, 2.45) is 5.73 Å². The van der Waals surface area contributed by atoms with E-state index < -0.39 is 0 Å². The molecule has 0 aromatic heterocycles. The molecule has 2 N–H and O–H groups in total. The van der Waals surface area contributed by atoms with E-state index in [2.05, 4.69) is 0 Å². The van der Waals surface area contributed by atoms with Gasteiger partial charge < -0.3 is 19.9 Å². The molecule has 2 rings (SSSR count). The summed E-state index contributed by atoms with van der Waals surface area (Å²) in [6.45, 7) is 1.67. The van der Waals surface area contributed by atoms with Crippen LogP contribution in [-0.2, 0) is 16.0 Å². The molecular formula is C16H25NO3. The fourth-order valence-corrected chi connectivity index (χ4v) is 2.65. The number of para-hydroxylation sites is 1. The lowest BCUT2D eigenvalue weighted by atomic mass is 9.95. The molecule has 112 valence electrons. The molecule has 1 aliphatic carbocycles. The molecule has 1 fully saturated rings. The van der Waals surface area contributed by atoms with E-state index in [1.807, 2.05) is 24.3 Å². The first-order valence-corrected chi connectivity index (χ1v) is 7.38. The van der Waals surface area contributed by atoms with Crippen LogP contribution in [0.3, 0.4) is 0 Å². The number of rotatable bonds is 7. The third-order valence-corrected chi connectivity index (χ3v) is 3.80. The van der Waals surface area contributed by atoms with Gasteiger partial charge in [-0.25, -0.2) is 0 Å². The van der Waals surface area contributed by atoms with Gasteiger partial charge in [0.15, 0.2) is 0 Å². The first-order valence-electron chi connectivity index (χ1n) is 7.38. The van der Waals surface area contributed by atoms with Crippen molar-refractivity contribution < 1.29 is 14.2 Å². The predicted molar refractivity (Wildman–Crippen MR) is 78.8 cm³/mol. The summed E-state index contributed by atoms with van der Waals surface area (Å²) in [4.78, 5) is 0. The van der Waals surface area contributed by atoms with Crippen LogP contribution in [0.15, 0.2) is 24.3 Å². The largest absolute Gasteiger partial charge is 0.491 e. The standard InChI is InChI=1S/C16H25NO3/c1-18-14-6-4-7-15(11-14)19-9-10-20-16-8-3-2-5-13(16)12-17/h2-3,5,8,14-15H,4,6-7,9-12,17H2,1H3.